The van der Waals surface area contributed by atoms with Crippen molar-refractivity contribution in [3.05, 3.63) is 33.3 Å². The lowest BCUT2D eigenvalue weighted by molar-refractivity contribution is 0.228. The molecule has 0 spiro atoms. The zero-order valence-electron chi connectivity index (χ0n) is 11.0. The standard InChI is InChI=1S/C15H21BrClNO/c16-14-9-11(17)7-8-13(14)15(10-19)18-12-5-3-1-2-4-6-12/h7-9,12,15,18-19H,1-6,10H2. The molecular weight excluding hydrogens is 326 g/mol. The van der Waals surface area contributed by atoms with Gasteiger partial charge in [0, 0.05) is 15.5 Å². The molecule has 1 aromatic carbocycles. The molecule has 0 saturated heterocycles. The van der Waals surface area contributed by atoms with Gasteiger partial charge in [-0.2, -0.15) is 0 Å². The molecule has 2 rings (SSSR count). The molecule has 1 aliphatic rings. The van der Waals surface area contributed by atoms with E-state index in [1.54, 1.807) is 0 Å². The molecule has 1 atom stereocenters. The second-order valence-electron chi connectivity index (χ2n) is 5.26. The Morgan fingerprint density at radius 2 is 1.95 bits per heavy atom. The molecule has 0 radical (unpaired) electrons. The molecule has 4 heteroatoms. The van der Waals surface area contributed by atoms with Crippen molar-refractivity contribution in [3.8, 4) is 0 Å². The van der Waals surface area contributed by atoms with E-state index in [1.165, 1.54) is 38.5 Å². The second kappa shape index (κ2) is 7.63. The first-order valence-electron chi connectivity index (χ1n) is 7.02. The molecule has 2 N–H and O–H groups in total. The first-order chi connectivity index (χ1) is 9.20. The summed E-state index contributed by atoms with van der Waals surface area (Å²) in [7, 11) is 0. The molecule has 1 saturated carbocycles. The van der Waals surface area contributed by atoms with Gasteiger partial charge in [-0.3, -0.25) is 0 Å². The largest absolute Gasteiger partial charge is 0.394 e. The minimum Gasteiger partial charge on any atom is -0.394 e. The topological polar surface area (TPSA) is 32.3 Å². The minimum absolute atomic E-state index is 0.0188. The van der Waals surface area contributed by atoms with E-state index in [0.717, 1.165) is 10.0 Å². The molecule has 1 unspecified atom stereocenters. The average molecular weight is 347 g/mol. The van der Waals surface area contributed by atoms with Gasteiger partial charge in [0.1, 0.15) is 0 Å². The van der Waals surface area contributed by atoms with Crippen LogP contribution >= 0.6 is 27.5 Å². The fraction of sp³-hybridized carbons (Fsp3) is 0.600. The number of hydrogen-bond acceptors (Lipinski definition) is 2. The van der Waals surface area contributed by atoms with Gasteiger partial charge in [0.25, 0.3) is 0 Å². The zero-order chi connectivity index (χ0) is 13.7. The fourth-order valence-electron chi connectivity index (χ4n) is 2.76. The summed E-state index contributed by atoms with van der Waals surface area (Å²) in [6.07, 6.45) is 7.68. The van der Waals surface area contributed by atoms with Gasteiger partial charge in [-0.25, -0.2) is 0 Å². The van der Waals surface area contributed by atoms with Crippen LogP contribution in [0.4, 0.5) is 0 Å². The van der Waals surface area contributed by atoms with Gasteiger partial charge in [-0.1, -0.05) is 59.3 Å². The maximum Gasteiger partial charge on any atom is 0.0627 e. The van der Waals surface area contributed by atoms with Crippen LogP contribution in [-0.4, -0.2) is 17.8 Å². The van der Waals surface area contributed by atoms with E-state index in [2.05, 4.69) is 21.2 Å². The van der Waals surface area contributed by atoms with Crippen LogP contribution in [0.25, 0.3) is 0 Å². The predicted octanol–water partition coefficient (Wildman–Crippen LogP) is 4.45. The molecule has 1 aliphatic carbocycles. The van der Waals surface area contributed by atoms with E-state index in [9.17, 15) is 5.11 Å². The van der Waals surface area contributed by atoms with Gasteiger partial charge in [-0.15, -0.1) is 0 Å². The summed E-state index contributed by atoms with van der Waals surface area (Å²) in [6.45, 7) is 0.108. The smallest absolute Gasteiger partial charge is 0.0627 e. The Kier molecular flexibility index (Phi) is 6.14. The fourth-order valence-corrected chi connectivity index (χ4v) is 3.71. The SMILES string of the molecule is OCC(NC1CCCCCC1)c1ccc(Cl)cc1Br. The minimum atomic E-state index is -0.0188. The van der Waals surface area contributed by atoms with Gasteiger partial charge in [0.05, 0.1) is 12.6 Å². The van der Waals surface area contributed by atoms with E-state index in [1.807, 2.05) is 18.2 Å². The first-order valence-corrected chi connectivity index (χ1v) is 8.19. The molecule has 2 nitrogen and oxygen atoms in total. The predicted molar refractivity (Wildman–Crippen MR) is 83.6 cm³/mol. The molecule has 0 bridgehead atoms. The van der Waals surface area contributed by atoms with Crippen molar-refractivity contribution in [2.75, 3.05) is 6.61 Å². The number of aliphatic hydroxyl groups is 1. The van der Waals surface area contributed by atoms with Crippen LogP contribution in [-0.2, 0) is 0 Å². The van der Waals surface area contributed by atoms with Crippen LogP contribution in [0, 0.1) is 0 Å². The van der Waals surface area contributed by atoms with Gasteiger partial charge in [-0.05, 0) is 30.5 Å². The lowest BCUT2D eigenvalue weighted by Gasteiger charge is -2.24. The Hall–Kier alpha value is -0.0900. The van der Waals surface area contributed by atoms with Gasteiger partial charge in [0.2, 0.25) is 0 Å². The van der Waals surface area contributed by atoms with E-state index >= 15 is 0 Å². The molecule has 1 aromatic rings. The van der Waals surface area contributed by atoms with E-state index < -0.39 is 0 Å². The van der Waals surface area contributed by atoms with Crippen molar-refractivity contribution in [3.63, 3.8) is 0 Å². The number of aliphatic hydroxyl groups excluding tert-OH is 1. The Balaban J connectivity index is 2.06. The van der Waals surface area contributed by atoms with Crippen LogP contribution in [0.3, 0.4) is 0 Å². The van der Waals surface area contributed by atoms with E-state index in [0.29, 0.717) is 11.1 Å². The van der Waals surface area contributed by atoms with Crippen molar-refractivity contribution in [1.82, 2.24) is 5.32 Å². The maximum absolute atomic E-state index is 9.66. The molecule has 0 aliphatic heterocycles. The highest BCUT2D eigenvalue weighted by molar-refractivity contribution is 9.10. The number of benzene rings is 1. The number of nitrogens with one attached hydrogen (secondary N) is 1. The first kappa shape index (κ1) is 15.3. The summed E-state index contributed by atoms with van der Waals surface area (Å²) >= 11 is 9.50. The summed E-state index contributed by atoms with van der Waals surface area (Å²) in [5.74, 6) is 0. The maximum atomic E-state index is 9.66. The number of halogens is 2. The third-order valence-corrected chi connectivity index (χ3v) is 4.73. The Morgan fingerprint density at radius 1 is 1.26 bits per heavy atom. The summed E-state index contributed by atoms with van der Waals surface area (Å²) in [4.78, 5) is 0. The van der Waals surface area contributed by atoms with E-state index in [-0.39, 0.29) is 12.6 Å². The third-order valence-electron chi connectivity index (χ3n) is 3.81. The monoisotopic (exact) mass is 345 g/mol. The van der Waals surface area contributed by atoms with Gasteiger partial charge in [0.15, 0.2) is 0 Å². The van der Waals surface area contributed by atoms with Crippen molar-refractivity contribution in [2.45, 2.75) is 50.6 Å². The van der Waals surface area contributed by atoms with Gasteiger partial charge < -0.3 is 10.4 Å². The zero-order valence-corrected chi connectivity index (χ0v) is 13.4. The number of hydrogen-bond donors (Lipinski definition) is 2. The van der Waals surface area contributed by atoms with Gasteiger partial charge >= 0.3 is 0 Å². The quantitative estimate of drug-likeness (QED) is 0.790. The lowest BCUT2D eigenvalue weighted by atomic mass is 10.0. The van der Waals surface area contributed by atoms with Crippen molar-refractivity contribution < 1.29 is 5.11 Å². The highest BCUT2D eigenvalue weighted by Gasteiger charge is 2.19. The lowest BCUT2D eigenvalue weighted by Crippen LogP contribution is -2.34. The number of rotatable bonds is 4. The van der Waals surface area contributed by atoms with Crippen LogP contribution in [0.1, 0.15) is 50.1 Å². The molecule has 0 heterocycles. The Labute approximate surface area is 128 Å². The third kappa shape index (κ3) is 4.45. The van der Waals surface area contributed by atoms with Crippen LogP contribution in [0.15, 0.2) is 22.7 Å². The molecule has 106 valence electrons. The summed E-state index contributed by atoms with van der Waals surface area (Å²) in [6, 6.07) is 6.24. The van der Waals surface area contributed by atoms with Crippen LogP contribution in [0.2, 0.25) is 5.02 Å². The highest BCUT2D eigenvalue weighted by atomic mass is 79.9. The molecule has 1 fully saturated rings. The van der Waals surface area contributed by atoms with Crippen molar-refractivity contribution in [1.29, 1.82) is 0 Å². The second-order valence-corrected chi connectivity index (χ2v) is 6.55. The van der Waals surface area contributed by atoms with Crippen LogP contribution < -0.4 is 5.32 Å². The molecular formula is C15H21BrClNO. The van der Waals surface area contributed by atoms with E-state index in [4.69, 9.17) is 11.6 Å². The molecule has 0 amide bonds. The van der Waals surface area contributed by atoms with Crippen LogP contribution in [0.5, 0.6) is 0 Å². The Morgan fingerprint density at radius 3 is 2.53 bits per heavy atom. The Bertz CT molecular complexity index is 405. The summed E-state index contributed by atoms with van der Waals surface area (Å²) < 4.78 is 0.958. The summed E-state index contributed by atoms with van der Waals surface area (Å²) in [5, 5.41) is 14.0. The molecule has 0 aromatic heterocycles. The average Bonchev–Trinajstić information content (AvgIpc) is 2.65. The highest BCUT2D eigenvalue weighted by Crippen LogP contribution is 2.28. The normalized spacial score (nSPS) is 19.1. The summed E-state index contributed by atoms with van der Waals surface area (Å²) in [5.41, 5.74) is 1.08. The molecule has 19 heavy (non-hydrogen) atoms. The van der Waals surface area contributed by atoms with Crippen molar-refractivity contribution in [2.24, 2.45) is 0 Å². The van der Waals surface area contributed by atoms with Crippen molar-refractivity contribution >= 4 is 27.5 Å².